The van der Waals surface area contributed by atoms with Gasteiger partial charge in [0.25, 0.3) is 0 Å². The summed E-state index contributed by atoms with van der Waals surface area (Å²) in [6.07, 6.45) is 5.87. The van der Waals surface area contributed by atoms with Crippen LogP contribution in [0.15, 0.2) is 29.3 Å². The van der Waals surface area contributed by atoms with Crippen LogP contribution in [-0.2, 0) is 9.47 Å². The molecule has 2 rings (SSSR count). The molecule has 1 aromatic rings. The van der Waals surface area contributed by atoms with E-state index in [2.05, 4.69) is 10.6 Å². The summed E-state index contributed by atoms with van der Waals surface area (Å²) in [5, 5.41) is 6.81. The molecule has 1 saturated carbocycles. The molecule has 1 fully saturated rings. The molecule has 0 radical (unpaired) electrons. The predicted molar refractivity (Wildman–Crippen MR) is 120 cm³/mol. The fourth-order valence-electron chi connectivity index (χ4n) is 2.74. The van der Waals surface area contributed by atoms with E-state index < -0.39 is 0 Å². The summed E-state index contributed by atoms with van der Waals surface area (Å²) in [7, 11) is 0. The average molecular weight is 406 g/mol. The monoisotopic (exact) mass is 405 g/mol. The van der Waals surface area contributed by atoms with Crippen LogP contribution < -0.4 is 15.4 Å². The molecule has 0 aliphatic heterocycles. The van der Waals surface area contributed by atoms with Gasteiger partial charge in [0.2, 0.25) is 0 Å². The molecule has 1 aliphatic rings. The number of nitrogens with zero attached hydrogens (tertiary/aromatic N) is 1. The predicted octanol–water partition coefficient (Wildman–Crippen LogP) is 4.46. The lowest BCUT2D eigenvalue weighted by atomic mass is 10.3. The summed E-state index contributed by atoms with van der Waals surface area (Å²) in [5.41, 5.74) is 0.992. The summed E-state index contributed by atoms with van der Waals surface area (Å²) < 4.78 is 16.8. The highest BCUT2D eigenvalue weighted by Gasteiger charge is 2.20. The Bertz CT molecular complexity index is 571. The van der Waals surface area contributed by atoms with Crippen LogP contribution in [0.2, 0.25) is 0 Å². The highest BCUT2D eigenvalue weighted by Crippen LogP contribution is 2.28. The van der Waals surface area contributed by atoms with Gasteiger partial charge in [0.05, 0.1) is 6.10 Å². The molecule has 0 bridgehead atoms. The summed E-state index contributed by atoms with van der Waals surface area (Å²) in [4.78, 5) is 4.71. The number of anilines is 1. The molecule has 0 amide bonds. The molecule has 1 aliphatic carbocycles. The van der Waals surface area contributed by atoms with Gasteiger partial charge in [0, 0.05) is 45.2 Å². The molecular formula is C23H39N3O3. The van der Waals surface area contributed by atoms with Gasteiger partial charge in [0.15, 0.2) is 5.96 Å². The zero-order valence-corrected chi connectivity index (χ0v) is 18.4. The Balaban J connectivity index is 1.77. The second-order valence-electron chi connectivity index (χ2n) is 7.75. The number of guanidine groups is 1. The van der Waals surface area contributed by atoms with E-state index in [9.17, 15) is 0 Å². The number of hydrogen-bond donors (Lipinski definition) is 2. The maximum atomic E-state index is 5.71. The smallest absolute Gasteiger partial charge is 0.195 e. The van der Waals surface area contributed by atoms with Crippen molar-refractivity contribution in [3.05, 3.63) is 24.3 Å². The van der Waals surface area contributed by atoms with E-state index in [0.717, 1.165) is 82.1 Å². The van der Waals surface area contributed by atoms with E-state index in [1.54, 1.807) is 0 Å². The zero-order chi connectivity index (χ0) is 20.7. The first kappa shape index (κ1) is 23.5. The number of benzene rings is 1. The SMILES string of the molecule is CCOCCCCNC(=NCCCOCC1CC1)Nc1ccc(OC(C)C)cc1. The van der Waals surface area contributed by atoms with Crippen molar-refractivity contribution in [1.29, 1.82) is 0 Å². The van der Waals surface area contributed by atoms with E-state index in [0.29, 0.717) is 0 Å². The van der Waals surface area contributed by atoms with Crippen LogP contribution in [0.4, 0.5) is 5.69 Å². The Hall–Kier alpha value is -1.79. The molecule has 0 atom stereocenters. The Morgan fingerprint density at radius 1 is 1.07 bits per heavy atom. The first-order valence-electron chi connectivity index (χ1n) is 11.1. The Morgan fingerprint density at radius 3 is 2.52 bits per heavy atom. The topological polar surface area (TPSA) is 64.1 Å². The summed E-state index contributed by atoms with van der Waals surface area (Å²) >= 11 is 0. The molecule has 29 heavy (non-hydrogen) atoms. The molecule has 0 aromatic heterocycles. The highest BCUT2D eigenvalue weighted by atomic mass is 16.5. The Kier molecular flexibility index (Phi) is 11.5. The Labute approximate surface area is 176 Å². The quantitative estimate of drug-likeness (QED) is 0.256. The Morgan fingerprint density at radius 2 is 1.83 bits per heavy atom. The van der Waals surface area contributed by atoms with Gasteiger partial charge >= 0.3 is 0 Å². The van der Waals surface area contributed by atoms with Gasteiger partial charge in [-0.1, -0.05) is 0 Å². The van der Waals surface area contributed by atoms with E-state index >= 15 is 0 Å². The standard InChI is InChI=1S/C23H39N3O3/c1-4-27-16-6-5-14-24-23(25-15-7-17-28-18-20-8-9-20)26-21-10-12-22(13-11-21)29-19(2)3/h10-13,19-20H,4-9,14-18H2,1-3H3,(H2,24,25,26). The maximum Gasteiger partial charge on any atom is 0.195 e. The maximum absolute atomic E-state index is 5.71. The minimum absolute atomic E-state index is 0.173. The van der Waals surface area contributed by atoms with Crippen molar-refractivity contribution < 1.29 is 14.2 Å². The molecule has 0 heterocycles. The number of aliphatic imine (C=N–C) groups is 1. The fourth-order valence-corrected chi connectivity index (χ4v) is 2.74. The van der Waals surface area contributed by atoms with E-state index in [1.165, 1.54) is 12.8 Å². The second kappa shape index (κ2) is 14.2. The second-order valence-corrected chi connectivity index (χ2v) is 7.75. The van der Waals surface area contributed by atoms with E-state index in [-0.39, 0.29) is 6.10 Å². The van der Waals surface area contributed by atoms with Crippen LogP contribution in [0.25, 0.3) is 0 Å². The van der Waals surface area contributed by atoms with Crippen molar-refractivity contribution in [3.63, 3.8) is 0 Å². The number of rotatable bonds is 15. The number of hydrogen-bond acceptors (Lipinski definition) is 4. The largest absolute Gasteiger partial charge is 0.491 e. The summed E-state index contributed by atoms with van der Waals surface area (Å²) in [6, 6.07) is 7.99. The summed E-state index contributed by atoms with van der Waals surface area (Å²) in [5.74, 6) is 2.50. The van der Waals surface area contributed by atoms with E-state index in [1.807, 2.05) is 45.0 Å². The van der Waals surface area contributed by atoms with Gasteiger partial charge in [-0.05, 0) is 83.1 Å². The van der Waals surface area contributed by atoms with Crippen LogP contribution in [0.1, 0.15) is 52.9 Å². The molecule has 6 nitrogen and oxygen atoms in total. The van der Waals surface area contributed by atoms with Crippen molar-refractivity contribution in [3.8, 4) is 5.75 Å². The lowest BCUT2D eigenvalue weighted by molar-refractivity contribution is 0.123. The molecular weight excluding hydrogens is 366 g/mol. The molecule has 164 valence electrons. The first-order valence-corrected chi connectivity index (χ1v) is 11.1. The minimum atomic E-state index is 0.173. The number of ether oxygens (including phenoxy) is 3. The van der Waals surface area contributed by atoms with Crippen molar-refractivity contribution in [2.24, 2.45) is 10.9 Å². The normalized spacial score (nSPS) is 14.3. The highest BCUT2D eigenvalue weighted by molar-refractivity contribution is 5.93. The number of nitrogens with one attached hydrogen (secondary N) is 2. The van der Waals surface area contributed by atoms with Gasteiger partial charge in [-0.3, -0.25) is 4.99 Å². The van der Waals surface area contributed by atoms with Crippen molar-refractivity contribution >= 4 is 11.6 Å². The minimum Gasteiger partial charge on any atom is -0.491 e. The molecule has 2 N–H and O–H groups in total. The lowest BCUT2D eigenvalue weighted by Crippen LogP contribution is -2.32. The van der Waals surface area contributed by atoms with Crippen LogP contribution >= 0.6 is 0 Å². The van der Waals surface area contributed by atoms with Gasteiger partial charge in [-0.2, -0.15) is 0 Å². The van der Waals surface area contributed by atoms with Gasteiger partial charge in [-0.15, -0.1) is 0 Å². The average Bonchev–Trinajstić information content (AvgIpc) is 3.52. The third-order valence-electron chi connectivity index (χ3n) is 4.47. The van der Waals surface area contributed by atoms with Crippen LogP contribution in [-0.4, -0.2) is 51.6 Å². The molecule has 6 heteroatoms. The number of unbranched alkanes of at least 4 members (excludes halogenated alkanes) is 1. The lowest BCUT2D eigenvalue weighted by Gasteiger charge is -2.14. The van der Waals surface area contributed by atoms with Gasteiger partial charge in [-0.25, -0.2) is 0 Å². The van der Waals surface area contributed by atoms with Crippen LogP contribution in [0.3, 0.4) is 0 Å². The molecule has 0 unspecified atom stereocenters. The van der Waals surface area contributed by atoms with Gasteiger partial charge < -0.3 is 24.8 Å². The van der Waals surface area contributed by atoms with E-state index in [4.69, 9.17) is 19.2 Å². The third-order valence-corrected chi connectivity index (χ3v) is 4.47. The van der Waals surface area contributed by atoms with Crippen molar-refractivity contribution in [2.45, 2.75) is 59.0 Å². The molecule has 1 aromatic carbocycles. The van der Waals surface area contributed by atoms with Crippen molar-refractivity contribution in [2.75, 3.05) is 44.8 Å². The fraction of sp³-hybridized carbons (Fsp3) is 0.696. The molecule has 0 saturated heterocycles. The summed E-state index contributed by atoms with van der Waals surface area (Å²) in [6.45, 7) is 11.0. The zero-order valence-electron chi connectivity index (χ0n) is 18.4. The van der Waals surface area contributed by atoms with Crippen LogP contribution in [0.5, 0.6) is 5.75 Å². The molecule has 0 spiro atoms. The van der Waals surface area contributed by atoms with Crippen molar-refractivity contribution in [1.82, 2.24) is 5.32 Å². The third kappa shape index (κ3) is 11.7. The van der Waals surface area contributed by atoms with Gasteiger partial charge in [0.1, 0.15) is 5.75 Å². The first-order chi connectivity index (χ1) is 14.2. The van der Waals surface area contributed by atoms with Crippen LogP contribution in [0, 0.1) is 5.92 Å².